The van der Waals surface area contributed by atoms with Crippen molar-refractivity contribution in [2.24, 2.45) is 0 Å². The predicted octanol–water partition coefficient (Wildman–Crippen LogP) is 2.06. The van der Waals surface area contributed by atoms with Crippen molar-refractivity contribution in [3.8, 4) is 0 Å². The minimum Gasteiger partial charge on any atom is -0.375 e. The van der Waals surface area contributed by atoms with Gasteiger partial charge in [0.15, 0.2) is 0 Å². The number of halogens is 1. The molecule has 0 aliphatic rings. The van der Waals surface area contributed by atoms with Crippen LogP contribution in [0.3, 0.4) is 0 Å². The van der Waals surface area contributed by atoms with Crippen LogP contribution in [0.5, 0.6) is 0 Å². The number of carbonyl (C=O) groups is 1. The summed E-state index contributed by atoms with van der Waals surface area (Å²) in [5.41, 5.74) is 0.230. The van der Waals surface area contributed by atoms with E-state index in [0.717, 1.165) is 17.7 Å². The fourth-order valence-electron chi connectivity index (χ4n) is 1.38. The van der Waals surface area contributed by atoms with E-state index >= 15 is 0 Å². The number of nitro benzene ring substituents is 1. The number of nitrogens with zero attached hydrogens (tertiary/aromatic N) is 1. The van der Waals surface area contributed by atoms with Gasteiger partial charge in [-0.3, -0.25) is 14.9 Å². The SMILES string of the molecule is C=C(C)COCCNC(=O)c1ccc([N+](=O)[O-])c(F)c1. The molecule has 0 heterocycles. The highest BCUT2D eigenvalue weighted by Gasteiger charge is 2.16. The molecule has 1 aromatic carbocycles. The Kier molecular flexibility index (Phi) is 5.79. The molecule has 1 amide bonds. The Morgan fingerprint density at radius 3 is 2.80 bits per heavy atom. The lowest BCUT2D eigenvalue weighted by Gasteiger charge is -2.06. The number of hydrogen-bond acceptors (Lipinski definition) is 4. The number of rotatable bonds is 7. The van der Waals surface area contributed by atoms with Gasteiger partial charge in [0, 0.05) is 18.2 Å². The van der Waals surface area contributed by atoms with E-state index < -0.39 is 22.3 Å². The maximum absolute atomic E-state index is 13.3. The Balaban J connectivity index is 2.50. The highest BCUT2D eigenvalue weighted by atomic mass is 19.1. The number of hydrogen-bond donors (Lipinski definition) is 1. The first-order chi connectivity index (χ1) is 9.41. The van der Waals surface area contributed by atoms with Gasteiger partial charge in [-0.1, -0.05) is 12.2 Å². The molecule has 108 valence electrons. The van der Waals surface area contributed by atoms with Crippen LogP contribution in [-0.2, 0) is 4.74 Å². The average molecular weight is 282 g/mol. The monoisotopic (exact) mass is 282 g/mol. The summed E-state index contributed by atoms with van der Waals surface area (Å²) < 4.78 is 18.5. The first-order valence-corrected chi connectivity index (χ1v) is 5.86. The highest BCUT2D eigenvalue weighted by molar-refractivity contribution is 5.94. The minimum absolute atomic E-state index is 0.0213. The van der Waals surface area contributed by atoms with Crippen LogP contribution in [0.1, 0.15) is 17.3 Å². The van der Waals surface area contributed by atoms with Gasteiger partial charge in [0.1, 0.15) is 0 Å². The maximum Gasteiger partial charge on any atom is 0.304 e. The summed E-state index contributed by atoms with van der Waals surface area (Å²) in [6, 6.07) is 3.00. The third-order valence-electron chi connectivity index (χ3n) is 2.29. The van der Waals surface area contributed by atoms with Gasteiger partial charge in [0.2, 0.25) is 5.82 Å². The van der Waals surface area contributed by atoms with Crippen molar-refractivity contribution >= 4 is 11.6 Å². The molecule has 1 rings (SSSR count). The summed E-state index contributed by atoms with van der Waals surface area (Å²) in [5.74, 6) is -1.56. The molecular formula is C13H15FN2O4. The van der Waals surface area contributed by atoms with Crippen molar-refractivity contribution in [3.63, 3.8) is 0 Å². The molecule has 0 saturated heterocycles. The van der Waals surface area contributed by atoms with Crippen LogP contribution in [-0.4, -0.2) is 30.6 Å². The number of nitrogens with one attached hydrogen (secondary N) is 1. The van der Waals surface area contributed by atoms with E-state index in [0.29, 0.717) is 13.2 Å². The minimum atomic E-state index is -1.04. The molecule has 0 saturated carbocycles. The number of amides is 1. The van der Waals surface area contributed by atoms with Crippen molar-refractivity contribution in [1.29, 1.82) is 0 Å². The summed E-state index contributed by atoms with van der Waals surface area (Å²) >= 11 is 0. The zero-order chi connectivity index (χ0) is 15.1. The van der Waals surface area contributed by atoms with E-state index in [1.54, 1.807) is 0 Å². The van der Waals surface area contributed by atoms with E-state index in [2.05, 4.69) is 11.9 Å². The van der Waals surface area contributed by atoms with E-state index in [9.17, 15) is 19.3 Å². The second-order valence-corrected chi connectivity index (χ2v) is 4.19. The Bertz CT molecular complexity index is 531. The van der Waals surface area contributed by atoms with Gasteiger partial charge in [0.05, 0.1) is 18.1 Å². The topological polar surface area (TPSA) is 81.5 Å². The number of nitro groups is 1. The van der Waals surface area contributed by atoms with Gasteiger partial charge in [-0.25, -0.2) is 0 Å². The molecule has 1 aromatic rings. The first-order valence-electron chi connectivity index (χ1n) is 5.86. The fraction of sp³-hybridized carbons (Fsp3) is 0.308. The lowest BCUT2D eigenvalue weighted by molar-refractivity contribution is -0.387. The van der Waals surface area contributed by atoms with Crippen molar-refractivity contribution in [1.82, 2.24) is 5.32 Å². The van der Waals surface area contributed by atoms with Crippen molar-refractivity contribution in [2.75, 3.05) is 19.8 Å². The molecule has 0 fully saturated rings. The van der Waals surface area contributed by atoms with Gasteiger partial charge in [-0.05, 0) is 19.1 Å². The summed E-state index contributed by atoms with van der Waals surface area (Å²) in [7, 11) is 0. The van der Waals surface area contributed by atoms with E-state index in [-0.39, 0.29) is 12.1 Å². The molecule has 0 bridgehead atoms. The van der Waals surface area contributed by atoms with Crippen LogP contribution in [0.25, 0.3) is 0 Å². The molecule has 0 aliphatic carbocycles. The Hall–Kier alpha value is -2.28. The lowest BCUT2D eigenvalue weighted by atomic mass is 10.2. The molecule has 0 spiro atoms. The third-order valence-corrected chi connectivity index (χ3v) is 2.29. The third kappa shape index (κ3) is 4.77. The predicted molar refractivity (Wildman–Crippen MR) is 71.0 cm³/mol. The second-order valence-electron chi connectivity index (χ2n) is 4.19. The molecule has 6 nitrogen and oxygen atoms in total. The number of ether oxygens (including phenoxy) is 1. The van der Waals surface area contributed by atoms with Gasteiger partial charge in [0.25, 0.3) is 5.91 Å². The quantitative estimate of drug-likeness (QED) is 0.359. The summed E-state index contributed by atoms with van der Waals surface area (Å²) in [6.45, 7) is 6.44. The van der Waals surface area contributed by atoms with Crippen molar-refractivity contribution < 1.29 is 18.8 Å². The molecule has 7 heteroatoms. The van der Waals surface area contributed by atoms with Crippen LogP contribution in [0, 0.1) is 15.9 Å². The Labute approximate surface area is 115 Å². The molecule has 0 aromatic heterocycles. The van der Waals surface area contributed by atoms with Crippen LogP contribution in [0.2, 0.25) is 0 Å². The molecule has 0 atom stereocenters. The maximum atomic E-state index is 13.3. The molecule has 0 aliphatic heterocycles. The van der Waals surface area contributed by atoms with E-state index in [1.165, 1.54) is 6.07 Å². The zero-order valence-corrected chi connectivity index (χ0v) is 11.0. The van der Waals surface area contributed by atoms with Crippen LogP contribution >= 0.6 is 0 Å². The summed E-state index contributed by atoms with van der Waals surface area (Å²) in [6.07, 6.45) is 0. The largest absolute Gasteiger partial charge is 0.375 e. The number of benzene rings is 1. The zero-order valence-electron chi connectivity index (χ0n) is 11.0. The van der Waals surface area contributed by atoms with Gasteiger partial charge < -0.3 is 10.1 Å². The fourth-order valence-corrected chi connectivity index (χ4v) is 1.38. The summed E-state index contributed by atoms with van der Waals surface area (Å²) in [4.78, 5) is 21.3. The lowest BCUT2D eigenvalue weighted by Crippen LogP contribution is -2.27. The van der Waals surface area contributed by atoms with Crippen LogP contribution < -0.4 is 5.32 Å². The standard InChI is InChI=1S/C13H15FN2O4/c1-9(2)8-20-6-5-15-13(17)10-3-4-12(16(18)19)11(14)7-10/h3-4,7H,1,5-6,8H2,2H3,(H,15,17). The first kappa shape index (κ1) is 15.8. The molecule has 1 N–H and O–H groups in total. The molecule has 0 radical (unpaired) electrons. The Morgan fingerprint density at radius 1 is 1.55 bits per heavy atom. The average Bonchev–Trinajstić information content (AvgIpc) is 2.37. The number of carbonyl (C=O) groups excluding carboxylic acids is 1. The van der Waals surface area contributed by atoms with E-state index in [1.807, 2.05) is 6.92 Å². The van der Waals surface area contributed by atoms with Crippen molar-refractivity contribution in [2.45, 2.75) is 6.92 Å². The summed E-state index contributed by atoms with van der Waals surface area (Å²) in [5, 5.41) is 13.0. The van der Waals surface area contributed by atoms with Crippen molar-refractivity contribution in [3.05, 3.63) is 51.8 Å². The molecule has 0 unspecified atom stereocenters. The Morgan fingerprint density at radius 2 is 2.25 bits per heavy atom. The highest BCUT2D eigenvalue weighted by Crippen LogP contribution is 2.17. The van der Waals surface area contributed by atoms with Gasteiger partial charge in [-0.15, -0.1) is 0 Å². The second kappa shape index (κ2) is 7.34. The molecular weight excluding hydrogens is 267 g/mol. The van der Waals surface area contributed by atoms with Crippen LogP contribution in [0.15, 0.2) is 30.4 Å². The molecule has 20 heavy (non-hydrogen) atoms. The normalized spacial score (nSPS) is 10.1. The van der Waals surface area contributed by atoms with Gasteiger partial charge in [-0.2, -0.15) is 4.39 Å². The van der Waals surface area contributed by atoms with E-state index in [4.69, 9.17) is 4.74 Å². The smallest absolute Gasteiger partial charge is 0.304 e. The van der Waals surface area contributed by atoms with Crippen LogP contribution in [0.4, 0.5) is 10.1 Å². The van der Waals surface area contributed by atoms with Gasteiger partial charge >= 0.3 is 5.69 Å².